The molecule has 0 saturated carbocycles. The zero-order valence-electron chi connectivity index (χ0n) is 9.54. The van der Waals surface area contributed by atoms with Gasteiger partial charge in [0, 0.05) is 23.3 Å². The van der Waals surface area contributed by atoms with Crippen molar-refractivity contribution in [3.63, 3.8) is 0 Å². The van der Waals surface area contributed by atoms with E-state index in [1.165, 1.54) is 6.33 Å². The van der Waals surface area contributed by atoms with Gasteiger partial charge in [-0.25, -0.2) is 9.97 Å². The summed E-state index contributed by atoms with van der Waals surface area (Å²) in [6, 6.07) is 4.04. The van der Waals surface area contributed by atoms with Gasteiger partial charge in [0.25, 0.3) is 0 Å². The summed E-state index contributed by atoms with van der Waals surface area (Å²) in [5, 5.41) is 13.7. The van der Waals surface area contributed by atoms with Crippen LogP contribution in [0.1, 0.15) is 6.42 Å². The minimum absolute atomic E-state index is 0.449. The third-order valence-corrected chi connectivity index (χ3v) is 2.71. The molecule has 0 fully saturated rings. The molecule has 0 atom stereocenters. The molecule has 3 rings (SSSR count). The smallest absolute Gasteiger partial charge is 0.141 e. The van der Waals surface area contributed by atoms with Crippen LogP contribution in [0.15, 0.2) is 31.0 Å². The Kier molecular flexibility index (Phi) is 2.50. The second-order valence-electron chi connectivity index (χ2n) is 3.86. The summed E-state index contributed by atoms with van der Waals surface area (Å²) in [7, 11) is 0. The highest BCUT2D eigenvalue weighted by Crippen LogP contribution is 2.23. The fourth-order valence-electron chi connectivity index (χ4n) is 1.88. The van der Waals surface area contributed by atoms with Crippen LogP contribution in [0.5, 0.6) is 0 Å². The van der Waals surface area contributed by atoms with E-state index in [-0.39, 0.29) is 0 Å². The van der Waals surface area contributed by atoms with Crippen molar-refractivity contribution in [3.05, 3.63) is 31.0 Å². The summed E-state index contributed by atoms with van der Waals surface area (Å²) in [5.74, 6) is 0. The lowest BCUT2D eigenvalue weighted by molar-refractivity contribution is 0.628. The SMILES string of the molecule is N#CCCn1cc(-c2ncnc3[nH]ccc23)cn1. The summed E-state index contributed by atoms with van der Waals surface area (Å²) in [6.07, 6.45) is 7.46. The number of H-pyrrole nitrogens is 1. The molecule has 3 heterocycles. The highest BCUT2D eigenvalue weighted by molar-refractivity contribution is 5.89. The predicted molar refractivity (Wildman–Crippen MR) is 65.3 cm³/mol. The van der Waals surface area contributed by atoms with Crippen molar-refractivity contribution < 1.29 is 0 Å². The molecular weight excluding hydrogens is 228 g/mol. The first kappa shape index (κ1) is 10.5. The first-order chi connectivity index (χ1) is 8.88. The molecule has 0 unspecified atom stereocenters. The van der Waals surface area contributed by atoms with Gasteiger partial charge in [-0.3, -0.25) is 4.68 Å². The Morgan fingerprint density at radius 1 is 1.39 bits per heavy atom. The van der Waals surface area contributed by atoms with Crippen LogP contribution in [0, 0.1) is 11.3 Å². The topological polar surface area (TPSA) is 83.2 Å². The lowest BCUT2D eigenvalue weighted by Crippen LogP contribution is -1.96. The van der Waals surface area contributed by atoms with Gasteiger partial charge in [0.05, 0.1) is 30.9 Å². The minimum Gasteiger partial charge on any atom is -0.346 e. The van der Waals surface area contributed by atoms with E-state index in [9.17, 15) is 0 Å². The molecule has 18 heavy (non-hydrogen) atoms. The summed E-state index contributed by atoms with van der Waals surface area (Å²) in [4.78, 5) is 11.5. The number of fused-ring (bicyclic) bond motifs is 1. The molecule has 0 aliphatic heterocycles. The monoisotopic (exact) mass is 238 g/mol. The standard InChI is InChI=1S/C12H10N6/c13-3-1-5-18-7-9(6-17-18)11-10-2-4-14-12(10)16-8-15-11/h2,4,6-8H,1,5H2,(H,14,15,16). The van der Waals surface area contributed by atoms with E-state index >= 15 is 0 Å². The second-order valence-corrected chi connectivity index (χ2v) is 3.86. The molecule has 0 aromatic carbocycles. The zero-order chi connectivity index (χ0) is 12.4. The number of aromatic nitrogens is 5. The van der Waals surface area contributed by atoms with E-state index in [0.29, 0.717) is 13.0 Å². The van der Waals surface area contributed by atoms with Crippen molar-refractivity contribution in [1.29, 1.82) is 5.26 Å². The van der Waals surface area contributed by atoms with Crippen LogP contribution >= 0.6 is 0 Å². The van der Waals surface area contributed by atoms with E-state index in [2.05, 4.69) is 26.1 Å². The third-order valence-electron chi connectivity index (χ3n) is 2.71. The summed E-state index contributed by atoms with van der Waals surface area (Å²) in [6.45, 7) is 0.595. The Bertz CT molecular complexity index is 717. The van der Waals surface area contributed by atoms with Gasteiger partial charge in [0.15, 0.2) is 0 Å². The maximum Gasteiger partial charge on any atom is 0.141 e. The van der Waals surface area contributed by atoms with Crippen LogP contribution in [-0.2, 0) is 6.54 Å². The van der Waals surface area contributed by atoms with Crippen LogP contribution in [0.25, 0.3) is 22.3 Å². The first-order valence-corrected chi connectivity index (χ1v) is 5.56. The molecule has 0 aliphatic carbocycles. The Morgan fingerprint density at radius 3 is 3.22 bits per heavy atom. The Hall–Kier alpha value is -2.68. The van der Waals surface area contributed by atoms with Crippen LogP contribution in [-0.4, -0.2) is 24.7 Å². The number of nitrogens with one attached hydrogen (secondary N) is 1. The average Bonchev–Trinajstić information content (AvgIpc) is 3.04. The lowest BCUT2D eigenvalue weighted by atomic mass is 10.2. The molecule has 0 bridgehead atoms. The molecule has 3 aromatic rings. The fourth-order valence-corrected chi connectivity index (χ4v) is 1.88. The van der Waals surface area contributed by atoms with Crippen molar-refractivity contribution in [2.45, 2.75) is 13.0 Å². The van der Waals surface area contributed by atoms with Crippen molar-refractivity contribution in [2.24, 2.45) is 0 Å². The molecule has 0 amide bonds. The molecular formula is C12H10N6. The molecule has 1 N–H and O–H groups in total. The molecule has 6 nitrogen and oxygen atoms in total. The van der Waals surface area contributed by atoms with Gasteiger partial charge in [-0.1, -0.05) is 0 Å². The summed E-state index contributed by atoms with van der Waals surface area (Å²) < 4.78 is 1.75. The molecule has 88 valence electrons. The highest BCUT2D eigenvalue weighted by atomic mass is 15.3. The number of nitrogens with zero attached hydrogens (tertiary/aromatic N) is 5. The van der Waals surface area contributed by atoms with Crippen LogP contribution < -0.4 is 0 Å². The highest BCUT2D eigenvalue weighted by Gasteiger charge is 2.08. The van der Waals surface area contributed by atoms with Crippen molar-refractivity contribution >= 4 is 11.0 Å². The molecule has 6 heteroatoms. The number of nitriles is 1. The van der Waals surface area contributed by atoms with E-state index in [1.807, 2.05) is 18.5 Å². The lowest BCUT2D eigenvalue weighted by Gasteiger charge is -1.98. The normalized spacial score (nSPS) is 10.6. The number of aromatic amines is 1. The van der Waals surface area contributed by atoms with Crippen molar-refractivity contribution in [3.8, 4) is 17.3 Å². The maximum absolute atomic E-state index is 8.55. The molecule has 3 aromatic heterocycles. The zero-order valence-corrected chi connectivity index (χ0v) is 9.54. The fraction of sp³-hybridized carbons (Fsp3) is 0.167. The van der Waals surface area contributed by atoms with Gasteiger partial charge in [-0.05, 0) is 6.07 Å². The first-order valence-electron chi connectivity index (χ1n) is 5.56. The van der Waals surface area contributed by atoms with Gasteiger partial charge in [-0.15, -0.1) is 0 Å². The average molecular weight is 238 g/mol. The number of rotatable bonds is 3. The molecule has 0 saturated heterocycles. The largest absolute Gasteiger partial charge is 0.346 e. The van der Waals surface area contributed by atoms with E-state index < -0.39 is 0 Å². The third kappa shape index (κ3) is 1.72. The van der Waals surface area contributed by atoms with E-state index in [1.54, 1.807) is 10.9 Å². The second kappa shape index (κ2) is 4.30. The van der Waals surface area contributed by atoms with Gasteiger partial charge in [0.1, 0.15) is 12.0 Å². The summed E-state index contributed by atoms with van der Waals surface area (Å²) >= 11 is 0. The van der Waals surface area contributed by atoms with Gasteiger partial charge in [0.2, 0.25) is 0 Å². The van der Waals surface area contributed by atoms with Crippen LogP contribution in [0.2, 0.25) is 0 Å². The predicted octanol–water partition coefficient (Wildman–Crippen LogP) is 1.74. The van der Waals surface area contributed by atoms with Gasteiger partial charge < -0.3 is 4.98 Å². The van der Waals surface area contributed by atoms with Gasteiger partial charge in [-0.2, -0.15) is 10.4 Å². The van der Waals surface area contributed by atoms with E-state index in [4.69, 9.17) is 5.26 Å². The Balaban J connectivity index is 2.02. The maximum atomic E-state index is 8.55. The van der Waals surface area contributed by atoms with Crippen LogP contribution in [0.3, 0.4) is 0 Å². The Morgan fingerprint density at radius 2 is 2.33 bits per heavy atom. The van der Waals surface area contributed by atoms with Gasteiger partial charge >= 0.3 is 0 Å². The Labute approximate surface area is 103 Å². The molecule has 0 spiro atoms. The van der Waals surface area contributed by atoms with Crippen LogP contribution in [0.4, 0.5) is 0 Å². The number of hydrogen-bond donors (Lipinski definition) is 1. The van der Waals surface area contributed by atoms with E-state index in [0.717, 1.165) is 22.3 Å². The number of hydrogen-bond acceptors (Lipinski definition) is 4. The van der Waals surface area contributed by atoms with Crippen molar-refractivity contribution in [1.82, 2.24) is 24.7 Å². The number of aryl methyl sites for hydroxylation is 1. The summed E-state index contributed by atoms with van der Waals surface area (Å²) in [5.41, 5.74) is 2.59. The van der Waals surface area contributed by atoms with Crippen molar-refractivity contribution in [2.75, 3.05) is 0 Å². The molecule has 0 aliphatic rings. The quantitative estimate of drug-likeness (QED) is 0.753. The minimum atomic E-state index is 0.449. The molecule has 0 radical (unpaired) electrons.